The van der Waals surface area contributed by atoms with Crippen molar-refractivity contribution in [3.63, 3.8) is 0 Å². The van der Waals surface area contributed by atoms with Gasteiger partial charge in [0.25, 0.3) is 5.91 Å². The first-order chi connectivity index (χ1) is 11.7. The summed E-state index contributed by atoms with van der Waals surface area (Å²) >= 11 is 5.54. The van der Waals surface area contributed by atoms with E-state index in [4.69, 9.17) is 16.3 Å². The molecule has 2 rings (SSSR count). The van der Waals surface area contributed by atoms with Gasteiger partial charge in [0.15, 0.2) is 6.61 Å². The molecule has 1 amide bonds. The van der Waals surface area contributed by atoms with Gasteiger partial charge in [-0.3, -0.25) is 4.79 Å². The summed E-state index contributed by atoms with van der Waals surface area (Å²) in [6.07, 6.45) is -3.56. The molecule has 0 atom stereocenters. The molecule has 0 bridgehead atoms. The van der Waals surface area contributed by atoms with Crippen molar-refractivity contribution in [3.8, 4) is 5.75 Å². The van der Waals surface area contributed by atoms with E-state index >= 15 is 0 Å². The van der Waals surface area contributed by atoms with Gasteiger partial charge in [0.05, 0.1) is 11.3 Å². The van der Waals surface area contributed by atoms with Gasteiger partial charge in [-0.1, -0.05) is 11.6 Å². The maximum atomic E-state index is 12.9. The van der Waals surface area contributed by atoms with Crippen LogP contribution < -0.4 is 10.1 Å². The number of carbonyl (C=O) groups is 1. The van der Waals surface area contributed by atoms with Gasteiger partial charge in [-0.2, -0.15) is 13.2 Å². The van der Waals surface area contributed by atoms with Crippen molar-refractivity contribution in [2.45, 2.75) is 6.18 Å². The number of nitrogens with zero attached hydrogens (tertiary/aromatic N) is 2. The topological polar surface area (TPSA) is 94.4 Å². The minimum atomic E-state index is -4.73. The Hall–Kier alpha value is -2.88. The van der Waals surface area contributed by atoms with Crippen LogP contribution in [0.5, 0.6) is 5.75 Å². The maximum absolute atomic E-state index is 12.9. The SMILES string of the molecule is O=C(COc1cccnc1[N+](=O)[O-])Nc1ccc(Cl)cc1C(F)(F)F. The summed E-state index contributed by atoms with van der Waals surface area (Å²) in [5.41, 5.74) is -1.63. The number of rotatable bonds is 5. The molecule has 1 aromatic heterocycles. The van der Waals surface area contributed by atoms with Crippen LogP contribution in [0.2, 0.25) is 5.02 Å². The van der Waals surface area contributed by atoms with Crippen molar-refractivity contribution in [2.75, 3.05) is 11.9 Å². The van der Waals surface area contributed by atoms with Crippen molar-refractivity contribution >= 4 is 29.0 Å². The van der Waals surface area contributed by atoms with Gasteiger partial charge in [-0.15, -0.1) is 0 Å². The standard InChI is InChI=1S/C14H9ClF3N3O4/c15-8-3-4-10(9(6-8)14(16,17)18)20-12(22)7-25-11-2-1-5-19-13(11)21(23)24/h1-6H,7H2,(H,20,22). The van der Waals surface area contributed by atoms with Gasteiger partial charge < -0.3 is 20.2 Å². The van der Waals surface area contributed by atoms with E-state index in [0.717, 1.165) is 12.3 Å². The van der Waals surface area contributed by atoms with Gasteiger partial charge in [0.1, 0.15) is 6.20 Å². The van der Waals surface area contributed by atoms with Crippen LogP contribution in [0.4, 0.5) is 24.7 Å². The first-order valence-electron chi connectivity index (χ1n) is 6.57. The number of amides is 1. The van der Waals surface area contributed by atoms with Crippen LogP contribution in [0.3, 0.4) is 0 Å². The number of aromatic nitrogens is 1. The van der Waals surface area contributed by atoms with Crippen molar-refractivity contribution in [1.82, 2.24) is 4.98 Å². The molecule has 132 valence electrons. The lowest BCUT2D eigenvalue weighted by atomic mass is 10.1. The van der Waals surface area contributed by atoms with Crippen LogP contribution in [0, 0.1) is 10.1 Å². The first kappa shape index (κ1) is 18.5. The zero-order chi connectivity index (χ0) is 18.6. The van der Waals surface area contributed by atoms with Gasteiger partial charge in [-0.05, 0) is 40.2 Å². The van der Waals surface area contributed by atoms with E-state index in [-0.39, 0.29) is 10.8 Å². The number of hydrogen-bond donors (Lipinski definition) is 1. The third-order valence-corrected chi connectivity index (χ3v) is 3.08. The van der Waals surface area contributed by atoms with Crippen molar-refractivity contribution in [3.05, 3.63) is 57.2 Å². The molecule has 0 radical (unpaired) electrons. The number of benzene rings is 1. The predicted molar refractivity (Wildman–Crippen MR) is 81.5 cm³/mol. The number of anilines is 1. The molecule has 0 aliphatic carbocycles. The second kappa shape index (κ2) is 7.34. The third kappa shape index (κ3) is 4.80. The molecule has 1 N–H and O–H groups in total. The molecule has 0 unspecified atom stereocenters. The summed E-state index contributed by atoms with van der Waals surface area (Å²) < 4.78 is 43.8. The van der Waals surface area contributed by atoms with Crippen molar-refractivity contribution in [2.24, 2.45) is 0 Å². The summed E-state index contributed by atoms with van der Waals surface area (Å²) in [7, 11) is 0. The zero-order valence-electron chi connectivity index (χ0n) is 12.2. The highest BCUT2D eigenvalue weighted by molar-refractivity contribution is 6.30. The number of carbonyl (C=O) groups excluding carboxylic acids is 1. The van der Waals surface area contributed by atoms with Gasteiger partial charge in [0, 0.05) is 5.02 Å². The van der Waals surface area contributed by atoms with E-state index in [9.17, 15) is 28.1 Å². The molecule has 0 spiro atoms. The molecular weight excluding hydrogens is 367 g/mol. The zero-order valence-corrected chi connectivity index (χ0v) is 13.0. The number of nitro groups is 1. The number of hydrogen-bond acceptors (Lipinski definition) is 5. The molecule has 0 aliphatic rings. The highest BCUT2D eigenvalue weighted by Crippen LogP contribution is 2.36. The average Bonchev–Trinajstić information content (AvgIpc) is 2.54. The Morgan fingerprint density at radius 2 is 2.08 bits per heavy atom. The molecule has 0 saturated heterocycles. The second-order valence-electron chi connectivity index (χ2n) is 4.61. The molecule has 25 heavy (non-hydrogen) atoms. The lowest BCUT2D eigenvalue weighted by Crippen LogP contribution is -2.22. The molecule has 2 aromatic rings. The molecule has 7 nitrogen and oxygen atoms in total. The fourth-order valence-corrected chi connectivity index (χ4v) is 1.99. The van der Waals surface area contributed by atoms with Gasteiger partial charge in [0.2, 0.25) is 5.75 Å². The van der Waals surface area contributed by atoms with Crippen molar-refractivity contribution < 1.29 is 27.6 Å². The summed E-state index contributed by atoms with van der Waals surface area (Å²) in [5.74, 6) is -1.83. The maximum Gasteiger partial charge on any atom is 0.418 e. The van der Waals surface area contributed by atoms with Crippen LogP contribution >= 0.6 is 11.6 Å². The number of alkyl halides is 3. The highest BCUT2D eigenvalue weighted by Gasteiger charge is 2.34. The van der Waals surface area contributed by atoms with E-state index in [0.29, 0.717) is 6.07 Å². The summed E-state index contributed by atoms with van der Waals surface area (Å²) in [6.45, 7) is -0.744. The number of pyridine rings is 1. The molecular formula is C14H9ClF3N3O4. The summed E-state index contributed by atoms with van der Waals surface area (Å²) in [4.78, 5) is 25.2. The van der Waals surface area contributed by atoms with Crippen LogP contribution in [0.25, 0.3) is 0 Å². The molecule has 0 fully saturated rings. The first-order valence-corrected chi connectivity index (χ1v) is 6.95. The second-order valence-corrected chi connectivity index (χ2v) is 5.04. The Labute approximate surface area is 143 Å². The van der Waals surface area contributed by atoms with Crippen LogP contribution in [-0.2, 0) is 11.0 Å². The Bertz CT molecular complexity index is 814. The monoisotopic (exact) mass is 375 g/mol. The quantitative estimate of drug-likeness (QED) is 0.635. The Balaban J connectivity index is 2.11. The minimum Gasteiger partial charge on any atom is -0.476 e. The molecule has 1 heterocycles. The van der Waals surface area contributed by atoms with E-state index in [1.54, 1.807) is 0 Å². The number of ether oxygens (including phenoxy) is 1. The normalized spacial score (nSPS) is 11.0. The molecule has 0 saturated carbocycles. The van der Waals surface area contributed by atoms with E-state index in [1.807, 2.05) is 5.32 Å². The number of nitrogens with one attached hydrogen (secondary N) is 1. The average molecular weight is 376 g/mol. The Morgan fingerprint density at radius 3 is 2.72 bits per heavy atom. The Morgan fingerprint density at radius 1 is 1.36 bits per heavy atom. The minimum absolute atomic E-state index is 0.146. The van der Waals surface area contributed by atoms with E-state index < -0.39 is 40.7 Å². The van der Waals surface area contributed by atoms with E-state index in [2.05, 4.69) is 4.98 Å². The third-order valence-electron chi connectivity index (χ3n) is 2.84. The summed E-state index contributed by atoms with van der Waals surface area (Å²) in [6, 6.07) is 5.40. The fourth-order valence-electron chi connectivity index (χ4n) is 1.82. The van der Waals surface area contributed by atoms with E-state index in [1.165, 1.54) is 18.2 Å². The van der Waals surface area contributed by atoms with Crippen LogP contribution in [0.15, 0.2) is 36.5 Å². The lowest BCUT2D eigenvalue weighted by molar-refractivity contribution is -0.390. The van der Waals surface area contributed by atoms with Crippen LogP contribution in [-0.4, -0.2) is 22.4 Å². The Kier molecular flexibility index (Phi) is 5.42. The molecule has 11 heteroatoms. The number of halogens is 4. The van der Waals surface area contributed by atoms with Crippen LogP contribution in [0.1, 0.15) is 5.56 Å². The smallest absolute Gasteiger partial charge is 0.418 e. The molecule has 0 aliphatic heterocycles. The predicted octanol–water partition coefficient (Wildman–Crippen LogP) is 3.68. The fraction of sp³-hybridized carbons (Fsp3) is 0.143. The lowest BCUT2D eigenvalue weighted by Gasteiger charge is -2.14. The largest absolute Gasteiger partial charge is 0.476 e. The van der Waals surface area contributed by atoms with Gasteiger partial charge >= 0.3 is 12.0 Å². The van der Waals surface area contributed by atoms with Crippen molar-refractivity contribution in [1.29, 1.82) is 0 Å². The summed E-state index contributed by atoms with van der Waals surface area (Å²) in [5, 5.41) is 12.7. The highest BCUT2D eigenvalue weighted by atomic mass is 35.5. The molecule has 1 aromatic carbocycles. The van der Waals surface area contributed by atoms with Gasteiger partial charge in [-0.25, -0.2) is 0 Å².